The Balaban J connectivity index is 2.50. The van der Waals surface area contributed by atoms with Crippen molar-refractivity contribution in [2.24, 2.45) is 4.99 Å². The first kappa shape index (κ1) is 19.1. The van der Waals surface area contributed by atoms with Gasteiger partial charge < -0.3 is 5.11 Å². The van der Waals surface area contributed by atoms with Crippen LogP contribution in [0.3, 0.4) is 0 Å². The summed E-state index contributed by atoms with van der Waals surface area (Å²) in [4.78, 5) is 3.78. The lowest BCUT2D eigenvalue weighted by molar-refractivity contribution is 0.309. The molecule has 1 aliphatic heterocycles. The SMILES string of the molecule is OCC1=C(Cl)N=C(Cl)[N+]1(c1ccc(F)cc1F)c1c(F)cc(F)cc1Cl. The van der Waals surface area contributed by atoms with E-state index in [0.29, 0.717) is 12.1 Å². The molecule has 1 atom stereocenters. The van der Waals surface area contributed by atoms with Crippen LogP contribution < -0.4 is 4.48 Å². The number of hydrogen-bond donors (Lipinski definition) is 1. The van der Waals surface area contributed by atoms with Gasteiger partial charge in [-0.1, -0.05) is 23.2 Å². The van der Waals surface area contributed by atoms with Gasteiger partial charge in [-0.05, 0) is 12.1 Å². The van der Waals surface area contributed by atoms with E-state index in [1.165, 1.54) is 0 Å². The number of benzene rings is 2. The zero-order valence-corrected chi connectivity index (χ0v) is 14.8. The van der Waals surface area contributed by atoms with E-state index >= 15 is 0 Å². The molecule has 10 heteroatoms. The number of quaternary nitrogens is 1. The molecule has 3 rings (SSSR count). The van der Waals surface area contributed by atoms with E-state index in [4.69, 9.17) is 34.8 Å². The third-order valence-electron chi connectivity index (χ3n) is 3.85. The van der Waals surface area contributed by atoms with Crippen LogP contribution in [0.25, 0.3) is 0 Å². The van der Waals surface area contributed by atoms with Crippen molar-refractivity contribution in [1.82, 2.24) is 4.48 Å². The third-order valence-corrected chi connectivity index (χ3v) is 4.78. The van der Waals surface area contributed by atoms with Crippen LogP contribution in [0.5, 0.6) is 0 Å². The summed E-state index contributed by atoms with van der Waals surface area (Å²) in [5.41, 5.74) is -1.17. The Bertz CT molecular complexity index is 957. The lowest BCUT2D eigenvalue weighted by atomic mass is 10.1. The minimum atomic E-state index is -1.19. The Morgan fingerprint density at radius 2 is 1.58 bits per heavy atom. The van der Waals surface area contributed by atoms with Crippen molar-refractivity contribution >= 4 is 51.5 Å². The molecule has 0 radical (unpaired) electrons. The molecular weight excluding hydrogens is 419 g/mol. The second-order valence-corrected chi connectivity index (χ2v) is 6.36. The summed E-state index contributed by atoms with van der Waals surface area (Å²) < 4.78 is 55.1. The predicted octanol–water partition coefficient (Wildman–Crippen LogP) is 5.54. The lowest BCUT2D eigenvalue weighted by Gasteiger charge is -2.33. The molecule has 0 spiro atoms. The quantitative estimate of drug-likeness (QED) is 0.390. The second kappa shape index (κ2) is 6.83. The molecule has 3 nitrogen and oxygen atoms in total. The normalized spacial score (nSPS) is 19.9. The minimum absolute atomic E-state index is 0.241. The molecule has 1 N–H and O–H groups in total. The fourth-order valence-corrected chi connectivity index (χ4v) is 3.84. The number of amidine groups is 1. The van der Waals surface area contributed by atoms with Crippen molar-refractivity contribution in [2.75, 3.05) is 6.61 Å². The monoisotopic (exact) mass is 425 g/mol. The van der Waals surface area contributed by atoms with Gasteiger partial charge in [0, 0.05) is 29.8 Å². The van der Waals surface area contributed by atoms with Crippen LogP contribution in [0.2, 0.25) is 5.02 Å². The van der Waals surface area contributed by atoms with E-state index in [0.717, 1.165) is 18.2 Å². The maximum Gasteiger partial charge on any atom is 0.317 e. The maximum atomic E-state index is 14.7. The second-order valence-electron chi connectivity index (χ2n) is 5.26. The first-order valence-electron chi connectivity index (χ1n) is 6.98. The van der Waals surface area contributed by atoms with Crippen LogP contribution in [0.15, 0.2) is 46.2 Å². The fourth-order valence-electron chi connectivity index (χ4n) is 2.84. The van der Waals surface area contributed by atoms with Crippen molar-refractivity contribution < 1.29 is 22.7 Å². The zero-order chi connectivity index (χ0) is 19.2. The molecule has 0 saturated heterocycles. The van der Waals surface area contributed by atoms with Gasteiger partial charge in [0.05, 0.1) is 0 Å². The highest BCUT2D eigenvalue weighted by atomic mass is 35.5. The van der Waals surface area contributed by atoms with Crippen molar-refractivity contribution in [1.29, 1.82) is 0 Å². The van der Waals surface area contributed by atoms with Gasteiger partial charge in [0.2, 0.25) is 5.69 Å². The average molecular weight is 427 g/mol. The number of nitrogens with zero attached hydrogens (tertiary/aromatic N) is 2. The first-order valence-corrected chi connectivity index (χ1v) is 8.11. The Hall–Kier alpha value is -1.64. The van der Waals surface area contributed by atoms with Crippen LogP contribution in [0, 0.1) is 23.3 Å². The summed E-state index contributed by atoms with van der Waals surface area (Å²) in [5.74, 6) is -4.20. The van der Waals surface area contributed by atoms with Crippen LogP contribution in [0.4, 0.5) is 28.9 Å². The summed E-state index contributed by atoms with van der Waals surface area (Å²) in [6.07, 6.45) is 0. The van der Waals surface area contributed by atoms with Crippen LogP contribution in [-0.2, 0) is 0 Å². The van der Waals surface area contributed by atoms with Gasteiger partial charge in [0.15, 0.2) is 28.2 Å². The van der Waals surface area contributed by atoms with Crippen LogP contribution in [-0.4, -0.2) is 17.0 Å². The van der Waals surface area contributed by atoms with E-state index in [2.05, 4.69) is 4.99 Å². The molecule has 1 heterocycles. The molecule has 0 aromatic heterocycles. The fraction of sp³-hybridized carbons (Fsp3) is 0.0625. The zero-order valence-electron chi connectivity index (χ0n) is 12.6. The molecule has 26 heavy (non-hydrogen) atoms. The molecule has 0 saturated carbocycles. The Kier molecular flexibility index (Phi) is 5.02. The van der Waals surface area contributed by atoms with Crippen molar-refractivity contribution in [3.63, 3.8) is 0 Å². The lowest BCUT2D eigenvalue weighted by Crippen LogP contribution is -2.47. The molecule has 136 valence electrons. The van der Waals surface area contributed by atoms with Crippen molar-refractivity contribution in [2.45, 2.75) is 0 Å². The molecular formula is C16H8Cl3F4N2O+. The van der Waals surface area contributed by atoms with Gasteiger partial charge in [-0.3, -0.25) is 0 Å². The third kappa shape index (κ3) is 2.71. The highest BCUT2D eigenvalue weighted by Gasteiger charge is 2.53. The Morgan fingerprint density at radius 1 is 0.923 bits per heavy atom. The largest absolute Gasteiger partial charge is 0.386 e. The molecule has 0 bridgehead atoms. The smallest absolute Gasteiger partial charge is 0.317 e. The Labute approximate surface area is 159 Å². The number of rotatable bonds is 3. The van der Waals surface area contributed by atoms with E-state index in [1.54, 1.807) is 0 Å². The Morgan fingerprint density at radius 3 is 2.15 bits per heavy atom. The topological polar surface area (TPSA) is 32.6 Å². The highest BCUT2D eigenvalue weighted by Crippen LogP contribution is 2.51. The van der Waals surface area contributed by atoms with Crippen molar-refractivity contribution in [3.05, 3.63) is 69.5 Å². The summed E-state index contributed by atoms with van der Waals surface area (Å²) in [5, 5.41) is 8.49. The van der Waals surface area contributed by atoms with E-state index < -0.39 is 56.1 Å². The van der Waals surface area contributed by atoms with Gasteiger partial charge >= 0.3 is 5.29 Å². The molecule has 2 aromatic carbocycles. The van der Waals surface area contributed by atoms with E-state index in [9.17, 15) is 22.7 Å². The molecule has 2 aromatic rings. The predicted molar refractivity (Wildman–Crippen MR) is 92.4 cm³/mol. The number of aliphatic hydroxyl groups is 1. The minimum Gasteiger partial charge on any atom is -0.386 e. The molecule has 1 aliphatic rings. The van der Waals surface area contributed by atoms with Crippen molar-refractivity contribution in [3.8, 4) is 0 Å². The van der Waals surface area contributed by atoms with E-state index in [-0.39, 0.29) is 10.9 Å². The van der Waals surface area contributed by atoms with E-state index in [1.807, 2.05) is 0 Å². The number of aliphatic hydroxyl groups excluding tert-OH is 1. The van der Waals surface area contributed by atoms with Gasteiger partial charge in [0.1, 0.15) is 23.3 Å². The first-order chi connectivity index (χ1) is 12.2. The molecule has 0 aliphatic carbocycles. The standard InChI is InChI=1S/C16H8Cl3F4N2O/c17-9-3-8(21)5-11(23)14(9)25(12-2-1-7(20)4-10(12)22)13(6-26)15(18)24-16(25)19/h1-5,26H,6H2/q+1. The number of halogens is 7. The number of aliphatic imine (C=N–C) groups is 1. The summed E-state index contributed by atoms with van der Waals surface area (Å²) >= 11 is 18.2. The van der Waals surface area contributed by atoms with Crippen LogP contribution >= 0.6 is 34.8 Å². The average Bonchev–Trinajstić information content (AvgIpc) is 2.77. The van der Waals surface area contributed by atoms with Gasteiger partial charge in [0.25, 0.3) is 0 Å². The highest BCUT2D eigenvalue weighted by molar-refractivity contribution is 6.68. The van der Waals surface area contributed by atoms with Gasteiger partial charge in [-0.2, -0.15) is 9.48 Å². The van der Waals surface area contributed by atoms with Crippen LogP contribution in [0.1, 0.15) is 0 Å². The maximum absolute atomic E-state index is 14.7. The number of hydrogen-bond acceptors (Lipinski definition) is 2. The summed E-state index contributed by atoms with van der Waals surface area (Å²) in [7, 11) is 0. The summed E-state index contributed by atoms with van der Waals surface area (Å²) in [6, 6.07) is 3.71. The van der Waals surface area contributed by atoms with Gasteiger partial charge in [-0.25, -0.2) is 17.6 Å². The molecule has 1 unspecified atom stereocenters. The molecule has 0 fully saturated rings. The molecule has 0 amide bonds. The summed E-state index contributed by atoms with van der Waals surface area (Å²) in [6.45, 7) is -0.817. The van der Waals surface area contributed by atoms with Gasteiger partial charge in [-0.15, -0.1) is 0 Å².